The van der Waals surface area contributed by atoms with Gasteiger partial charge in [-0.1, -0.05) is 6.07 Å². The standard InChI is InChI=1S/C22H25NO5/c1-25-18-8-7-16(14-20(18)26-2)22(24)23-10-3-5-17(23)15-6-9-19-21(13-15)28-12-4-11-27-19/h6-9,13-14,17H,3-5,10-12H2,1-2H3/t17-/m1/s1. The Morgan fingerprint density at radius 2 is 1.75 bits per heavy atom. The molecule has 0 saturated carbocycles. The van der Waals surface area contributed by atoms with Crippen LogP contribution in [0.2, 0.25) is 0 Å². The van der Waals surface area contributed by atoms with Gasteiger partial charge >= 0.3 is 0 Å². The van der Waals surface area contributed by atoms with Crippen LogP contribution in [0.3, 0.4) is 0 Å². The summed E-state index contributed by atoms with van der Waals surface area (Å²) in [5.74, 6) is 2.70. The molecule has 0 unspecified atom stereocenters. The van der Waals surface area contributed by atoms with Crippen LogP contribution < -0.4 is 18.9 Å². The Bertz CT molecular complexity index is 866. The number of hydrogen-bond donors (Lipinski definition) is 0. The van der Waals surface area contributed by atoms with Gasteiger partial charge < -0.3 is 23.8 Å². The molecule has 2 aliphatic rings. The highest BCUT2D eigenvalue weighted by Crippen LogP contribution is 2.39. The lowest BCUT2D eigenvalue weighted by molar-refractivity contribution is 0.0735. The van der Waals surface area contributed by atoms with Crippen LogP contribution in [0, 0.1) is 0 Å². The fraction of sp³-hybridized carbons (Fsp3) is 0.409. The normalized spacial score (nSPS) is 18.5. The lowest BCUT2D eigenvalue weighted by Gasteiger charge is -2.26. The fourth-order valence-corrected chi connectivity index (χ4v) is 3.88. The molecule has 0 spiro atoms. The van der Waals surface area contributed by atoms with Gasteiger partial charge in [0, 0.05) is 18.5 Å². The lowest BCUT2D eigenvalue weighted by Crippen LogP contribution is -2.30. The molecular weight excluding hydrogens is 358 g/mol. The van der Waals surface area contributed by atoms with Gasteiger partial charge in [-0.05, 0) is 48.7 Å². The lowest BCUT2D eigenvalue weighted by atomic mass is 10.0. The van der Waals surface area contributed by atoms with Crippen molar-refractivity contribution in [3.05, 3.63) is 47.5 Å². The average molecular weight is 383 g/mol. The van der Waals surface area contributed by atoms with Gasteiger partial charge in [0.1, 0.15) is 0 Å². The van der Waals surface area contributed by atoms with Crippen LogP contribution in [0.5, 0.6) is 23.0 Å². The van der Waals surface area contributed by atoms with Gasteiger partial charge in [-0.2, -0.15) is 0 Å². The molecule has 6 nitrogen and oxygen atoms in total. The van der Waals surface area contributed by atoms with Gasteiger partial charge in [-0.25, -0.2) is 0 Å². The third-order valence-electron chi connectivity index (χ3n) is 5.30. The number of fused-ring (bicyclic) bond motifs is 1. The van der Waals surface area contributed by atoms with Crippen molar-refractivity contribution >= 4 is 5.91 Å². The van der Waals surface area contributed by atoms with E-state index in [1.807, 2.05) is 23.1 Å². The van der Waals surface area contributed by atoms with Crippen LogP contribution in [0.25, 0.3) is 0 Å². The van der Waals surface area contributed by atoms with E-state index in [0.29, 0.717) is 30.3 Å². The molecule has 2 aliphatic heterocycles. The molecule has 0 aromatic heterocycles. The second-order valence-corrected chi connectivity index (χ2v) is 6.98. The summed E-state index contributed by atoms with van der Waals surface area (Å²) in [4.78, 5) is 15.1. The first-order valence-electron chi connectivity index (χ1n) is 9.64. The first-order chi connectivity index (χ1) is 13.7. The highest BCUT2D eigenvalue weighted by Gasteiger charge is 2.31. The fourth-order valence-electron chi connectivity index (χ4n) is 3.88. The molecule has 2 aromatic carbocycles. The number of benzene rings is 2. The third-order valence-corrected chi connectivity index (χ3v) is 5.30. The quantitative estimate of drug-likeness (QED) is 0.803. The molecule has 1 amide bonds. The second kappa shape index (κ2) is 8.00. The molecular formula is C22H25NO5. The van der Waals surface area contributed by atoms with E-state index in [4.69, 9.17) is 18.9 Å². The first kappa shape index (κ1) is 18.5. The highest BCUT2D eigenvalue weighted by molar-refractivity contribution is 5.95. The summed E-state index contributed by atoms with van der Waals surface area (Å²) in [6.07, 6.45) is 2.77. The summed E-state index contributed by atoms with van der Waals surface area (Å²) in [5.41, 5.74) is 1.68. The number of nitrogens with zero attached hydrogens (tertiary/aromatic N) is 1. The molecule has 28 heavy (non-hydrogen) atoms. The molecule has 0 aliphatic carbocycles. The summed E-state index contributed by atoms with van der Waals surface area (Å²) in [7, 11) is 3.16. The van der Waals surface area contributed by atoms with Crippen molar-refractivity contribution in [2.24, 2.45) is 0 Å². The molecule has 0 radical (unpaired) electrons. The van der Waals surface area contributed by atoms with Crippen molar-refractivity contribution < 1.29 is 23.7 Å². The van der Waals surface area contributed by atoms with E-state index in [2.05, 4.69) is 0 Å². The van der Waals surface area contributed by atoms with Crippen LogP contribution in [0.4, 0.5) is 0 Å². The Morgan fingerprint density at radius 3 is 2.54 bits per heavy atom. The zero-order chi connectivity index (χ0) is 19.5. The smallest absolute Gasteiger partial charge is 0.254 e. The minimum atomic E-state index is -0.00411. The molecule has 2 heterocycles. The van der Waals surface area contributed by atoms with Crippen LogP contribution in [-0.4, -0.2) is 44.8 Å². The maximum absolute atomic E-state index is 13.2. The minimum absolute atomic E-state index is 0.00411. The zero-order valence-corrected chi connectivity index (χ0v) is 16.3. The summed E-state index contributed by atoms with van der Waals surface area (Å²) < 4.78 is 22.2. The van der Waals surface area contributed by atoms with E-state index in [9.17, 15) is 4.79 Å². The van der Waals surface area contributed by atoms with Crippen molar-refractivity contribution in [1.82, 2.24) is 4.90 Å². The van der Waals surface area contributed by atoms with E-state index < -0.39 is 0 Å². The third kappa shape index (κ3) is 3.46. The van der Waals surface area contributed by atoms with E-state index in [-0.39, 0.29) is 11.9 Å². The zero-order valence-electron chi connectivity index (χ0n) is 16.3. The Hall–Kier alpha value is -2.89. The number of carbonyl (C=O) groups is 1. The predicted molar refractivity (Wildman–Crippen MR) is 105 cm³/mol. The monoisotopic (exact) mass is 383 g/mol. The van der Waals surface area contributed by atoms with Crippen LogP contribution >= 0.6 is 0 Å². The first-order valence-corrected chi connectivity index (χ1v) is 9.64. The maximum Gasteiger partial charge on any atom is 0.254 e. The molecule has 1 fully saturated rings. The van der Waals surface area contributed by atoms with Gasteiger partial charge in [-0.3, -0.25) is 4.79 Å². The SMILES string of the molecule is COc1ccc(C(=O)N2CCC[C@@H]2c2ccc3c(c2)OCCCO3)cc1OC. The Balaban J connectivity index is 1.60. The molecule has 6 heteroatoms. The maximum atomic E-state index is 13.2. The topological polar surface area (TPSA) is 57.2 Å². The van der Waals surface area contributed by atoms with Crippen LogP contribution in [0.1, 0.15) is 41.2 Å². The minimum Gasteiger partial charge on any atom is -0.493 e. The number of rotatable bonds is 4. The van der Waals surface area contributed by atoms with E-state index in [1.54, 1.807) is 32.4 Å². The molecule has 1 saturated heterocycles. The second-order valence-electron chi connectivity index (χ2n) is 6.98. The number of carbonyl (C=O) groups excluding carboxylic acids is 1. The highest BCUT2D eigenvalue weighted by atomic mass is 16.5. The molecule has 148 valence electrons. The van der Waals surface area contributed by atoms with Crippen molar-refractivity contribution in [2.75, 3.05) is 34.0 Å². The molecule has 2 aromatic rings. The van der Waals surface area contributed by atoms with Crippen molar-refractivity contribution in [3.8, 4) is 23.0 Å². The van der Waals surface area contributed by atoms with Gasteiger partial charge in [-0.15, -0.1) is 0 Å². The van der Waals surface area contributed by atoms with E-state index >= 15 is 0 Å². The molecule has 1 atom stereocenters. The summed E-state index contributed by atoms with van der Waals surface area (Å²) in [6.45, 7) is 2.04. The number of methoxy groups -OCH3 is 2. The summed E-state index contributed by atoms with van der Waals surface area (Å²) in [5, 5.41) is 0. The van der Waals surface area contributed by atoms with E-state index in [0.717, 1.165) is 42.9 Å². The largest absolute Gasteiger partial charge is 0.493 e. The van der Waals surface area contributed by atoms with Crippen LogP contribution in [0.15, 0.2) is 36.4 Å². The summed E-state index contributed by atoms with van der Waals surface area (Å²) in [6, 6.07) is 11.3. The van der Waals surface area contributed by atoms with Crippen molar-refractivity contribution in [2.45, 2.75) is 25.3 Å². The molecule has 4 rings (SSSR count). The number of likely N-dealkylation sites (tertiary alicyclic amines) is 1. The Morgan fingerprint density at radius 1 is 0.964 bits per heavy atom. The average Bonchev–Trinajstić information content (AvgIpc) is 3.11. The number of amides is 1. The van der Waals surface area contributed by atoms with E-state index in [1.165, 1.54) is 0 Å². The van der Waals surface area contributed by atoms with Gasteiger partial charge in [0.15, 0.2) is 23.0 Å². The number of ether oxygens (including phenoxy) is 4. The number of hydrogen-bond acceptors (Lipinski definition) is 5. The van der Waals surface area contributed by atoms with Gasteiger partial charge in [0.25, 0.3) is 5.91 Å². The Labute approximate surface area is 165 Å². The van der Waals surface area contributed by atoms with Crippen molar-refractivity contribution in [3.63, 3.8) is 0 Å². The molecule has 0 bridgehead atoms. The van der Waals surface area contributed by atoms with Crippen LogP contribution in [-0.2, 0) is 0 Å². The summed E-state index contributed by atoms with van der Waals surface area (Å²) >= 11 is 0. The van der Waals surface area contributed by atoms with Gasteiger partial charge in [0.2, 0.25) is 0 Å². The molecule has 0 N–H and O–H groups in total. The predicted octanol–water partition coefficient (Wildman–Crippen LogP) is 3.84. The Kier molecular flexibility index (Phi) is 5.28. The van der Waals surface area contributed by atoms with Gasteiger partial charge in [0.05, 0.1) is 33.5 Å². The van der Waals surface area contributed by atoms with Crippen molar-refractivity contribution in [1.29, 1.82) is 0 Å².